The number of hydrogen-bond acceptors (Lipinski definition) is 5. The van der Waals surface area contributed by atoms with Crippen LogP contribution < -0.4 is 10.1 Å². The fourth-order valence-electron chi connectivity index (χ4n) is 2.09. The molecule has 138 valence electrons. The Bertz CT molecular complexity index is 979. The maximum Gasteiger partial charge on any atom is 0.271 e. The number of nitriles is 1. The zero-order chi connectivity index (χ0) is 20.1. The molecule has 0 aliphatic rings. The van der Waals surface area contributed by atoms with Gasteiger partial charge in [-0.2, -0.15) is 5.26 Å². The van der Waals surface area contributed by atoms with Gasteiger partial charge in [0, 0.05) is 12.1 Å². The number of non-ortho nitro benzene ring substituents is 1. The number of amides is 1. The molecule has 0 bridgehead atoms. The Hall–Kier alpha value is -2.41. The average Bonchev–Trinajstić information content (AvgIpc) is 2.61. The van der Waals surface area contributed by atoms with Crippen molar-refractivity contribution in [2.75, 3.05) is 12.4 Å². The largest absolute Gasteiger partial charge is 0.494 e. The smallest absolute Gasteiger partial charge is 0.271 e. The van der Waals surface area contributed by atoms with Crippen molar-refractivity contribution in [3.8, 4) is 11.8 Å². The van der Waals surface area contributed by atoms with Crippen LogP contribution in [0.15, 0.2) is 44.9 Å². The van der Waals surface area contributed by atoms with Gasteiger partial charge in [-0.25, -0.2) is 0 Å². The molecule has 0 aliphatic heterocycles. The Balaban J connectivity index is 2.34. The molecule has 0 saturated heterocycles. The van der Waals surface area contributed by atoms with E-state index in [0.717, 1.165) is 6.07 Å². The maximum atomic E-state index is 12.4. The molecule has 2 aromatic rings. The van der Waals surface area contributed by atoms with E-state index in [9.17, 15) is 20.2 Å². The van der Waals surface area contributed by atoms with Gasteiger partial charge >= 0.3 is 0 Å². The van der Waals surface area contributed by atoms with Gasteiger partial charge < -0.3 is 10.1 Å². The summed E-state index contributed by atoms with van der Waals surface area (Å²) >= 11 is 12.6. The molecule has 0 spiro atoms. The second-order valence-electron chi connectivity index (χ2n) is 5.06. The van der Waals surface area contributed by atoms with Gasteiger partial charge in [0.25, 0.3) is 11.6 Å². The molecule has 1 N–H and O–H groups in total. The summed E-state index contributed by atoms with van der Waals surface area (Å²) in [6, 6.07) is 8.78. The molecule has 0 atom stereocenters. The first-order valence-corrected chi connectivity index (χ1v) is 9.13. The summed E-state index contributed by atoms with van der Waals surface area (Å²) in [5, 5.41) is 22.7. The van der Waals surface area contributed by atoms with E-state index in [1.807, 2.05) is 0 Å². The van der Waals surface area contributed by atoms with E-state index in [0.29, 0.717) is 20.3 Å². The summed E-state index contributed by atoms with van der Waals surface area (Å²) in [5.74, 6) is -0.179. The highest BCUT2D eigenvalue weighted by molar-refractivity contribution is 9.11. The molecule has 0 radical (unpaired) electrons. The van der Waals surface area contributed by atoms with Crippen LogP contribution in [0.5, 0.6) is 5.75 Å². The topological polar surface area (TPSA) is 105 Å². The zero-order valence-corrected chi connectivity index (χ0v) is 17.6. The predicted molar refractivity (Wildman–Crippen MR) is 109 cm³/mol. The van der Waals surface area contributed by atoms with Crippen LogP contribution in [0, 0.1) is 21.4 Å². The molecule has 1 amide bonds. The van der Waals surface area contributed by atoms with E-state index in [-0.39, 0.29) is 22.0 Å². The number of halogens is 3. The molecule has 0 aromatic heterocycles. The van der Waals surface area contributed by atoms with Crippen LogP contribution in [0.4, 0.5) is 11.4 Å². The van der Waals surface area contributed by atoms with Gasteiger partial charge in [-0.05, 0) is 61.7 Å². The van der Waals surface area contributed by atoms with Crippen LogP contribution in [-0.4, -0.2) is 17.9 Å². The second kappa shape index (κ2) is 8.99. The molecule has 0 heterocycles. The minimum Gasteiger partial charge on any atom is -0.494 e. The first-order valence-electron chi connectivity index (χ1n) is 7.17. The molecule has 0 aliphatic carbocycles. The normalized spacial score (nSPS) is 10.9. The summed E-state index contributed by atoms with van der Waals surface area (Å²) in [4.78, 5) is 22.6. The Morgan fingerprint density at radius 3 is 2.48 bits per heavy atom. The van der Waals surface area contributed by atoms with E-state index in [4.69, 9.17) is 16.3 Å². The molecule has 0 unspecified atom stereocenters. The third-order valence-corrected chi connectivity index (χ3v) is 4.82. The van der Waals surface area contributed by atoms with E-state index >= 15 is 0 Å². The molecule has 2 rings (SSSR count). The van der Waals surface area contributed by atoms with Crippen molar-refractivity contribution in [3.63, 3.8) is 0 Å². The van der Waals surface area contributed by atoms with Gasteiger partial charge in [-0.1, -0.05) is 11.6 Å². The molecule has 7 nitrogen and oxygen atoms in total. The summed E-state index contributed by atoms with van der Waals surface area (Å²) in [6.07, 6.45) is 1.37. The molecule has 2 aromatic carbocycles. The van der Waals surface area contributed by atoms with Gasteiger partial charge in [-0.15, -0.1) is 0 Å². The number of methoxy groups -OCH3 is 1. The zero-order valence-electron chi connectivity index (χ0n) is 13.6. The molecular formula is C17H10Br2ClN3O4. The minimum atomic E-state index is -0.747. The minimum absolute atomic E-state index is 0.0362. The Morgan fingerprint density at radius 2 is 1.96 bits per heavy atom. The van der Waals surface area contributed by atoms with E-state index in [2.05, 4.69) is 37.2 Å². The summed E-state index contributed by atoms with van der Waals surface area (Å²) in [7, 11) is 1.51. The highest BCUT2D eigenvalue weighted by atomic mass is 79.9. The van der Waals surface area contributed by atoms with Gasteiger partial charge in [0.15, 0.2) is 0 Å². The molecular weight excluding hydrogens is 505 g/mol. The third kappa shape index (κ3) is 5.07. The van der Waals surface area contributed by atoms with Crippen molar-refractivity contribution in [1.29, 1.82) is 5.26 Å². The number of carbonyl (C=O) groups excluding carboxylic acids is 1. The van der Waals surface area contributed by atoms with Crippen LogP contribution in [0.25, 0.3) is 6.08 Å². The van der Waals surface area contributed by atoms with Crippen molar-refractivity contribution in [2.24, 2.45) is 0 Å². The lowest BCUT2D eigenvalue weighted by molar-refractivity contribution is -0.384. The number of benzene rings is 2. The Labute approximate surface area is 176 Å². The van der Waals surface area contributed by atoms with Crippen LogP contribution >= 0.6 is 43.5 Å². The standard InChI is InChI=1S/C17H10Br2ClN3O4/c1-27-16-12(18)5-9(6-13(16)19)4-10(8-21)17(24)22-15-7-11(23(25)26)2-3-14(15)20/h2-7H,1H3,(H,22,24)/b10-4+. The Morgan fingerprint density at radius 1 is 1.33 bits per heavy atom. The number of ether oxygens (including phenoxy) is 1. The molecule has 10 heteroatoms. The van der Waals surface area contributed by atoms with Gasteiger partial charge in [0.05, 0.1) is 31.7 Å². The Kier molecular flexibility index (Phi) is 6.96. The second-order valence-corrected chi connectivity index (χ2v) is 7.18. The first-order chi connectivity index (χ1) is 12.8. The maximum absolute atomic E-state index is 12.4. The van der Waals surface area contributed by atoms with E-state index < -0.39 is 10.8 Å². The van der Waals surface area contributed by atoms with Gasteiger partial charge in [0.1, 0.15) is 17.4 Å². The first kappa shape index (κ1) is 20.9. The number of hydrogen-bond donors (Lipinski definition) is 1. The highest BCUT2D eigenvalue weighted by Crippen LogP contribution is 2.35. The number of nitrogens with zero attached hydrogens (tertiary/aromatic N) is 2. The lowest BCUT2D eigenvalue weighted by atomic mass is 10.1. The van der Waals surface area contributed by atoms with Crippen LogP contribution in [-0.2, 0) is 4.79 Å². The fourth-order valence-corrected chi connectivity index (χ4v) is 3.80. The van der Waals surface area contributed by atoms with Crippen molar-refractivity contribution < 1.29 is 14.5 Å². The monoisotopic (exact) mass is 513 g/mol. The molecule has 27 heavy (non-hydrogen) atoms. The van der Waals surface area contributed by atoms with Crippen molar-refractivity contribution in [1.82, 2.24) is 0 Å². The van der Waals surface area contributed by atoms with Crippen molar-refractivity contribution >= 4 is 66.8 Å². The average molecular weight is 516 g/mol. The molecule has 0 saturated carbocycles. The van der Waals surface area contributed by atoms with E-state index in [1.54, 1.807) is 18.2 Å². The molecule has 0 fully saturated rings. The van der Waals surface area contributed by atoms with Gasteiger partial charge in [-0.3, -0.25) is 14.9 Å². The number of rotatable bonds is 5. The van der Waals surface area contributed by atoms with Crippen LogP contribution in [0.1, 0.15) is 5.56 Å². The van der Waals surface area contributed by atoms with Crippen LogP contribution in [0.3, 0.4) is 0 Å². The third-order valence-electron chi connectivity index (χ3n) is 3.31. The van der Waals surface area contributed by atoms with E-state index in [1.165, 1.54) is 25.3 Å². The highest BCUT2D eigenvalue weighted by Gasteiger charge is 2.16. The predicted octanol–water partition coefficient (Wildman–Crippen LogP) is 5.33. The van der Waals surface area contributed by atoms with Crippen molar-refractivity contribution in [2.45, 2.75) is 0 Å². The lowest BCUT2D eigenvalue weighted by Gasteiger charge is -2.08. The number of nitro groups is 1. The summed E-state index contributed by atoms with van der Waals surface area (Å²) in [6.45, 7) is 0. The SMILES string of the molecule is COc1c(Br)cc(/C=C(\C#N)C(=O)Nc2cc([N+](=O)[O-])ccc2Cl)cc1Br. The quantitative estimate of drug-likeness (QED) is 0.251. The number of anilines is 1. The number of nitrogens with one attached hydrogen (secondary N) is 1. The van der Waals surface area contributed by atoms with Crippen molar-refractivity contribution in [3.05, 3.63) is 65.6 Å². The summed E-state index contributed by atoms with van der Waals surface area (Å²) < 4.78 is 6.46. The number of carbonyl (C=O) groups is 1. The fraction of sp³-hybridized carbons (Fsp3) is 0.0588. The lowest BCUT2D eigenvalue weighted by Crippen LogP contribution is -2.14. The number of nitro benzene ring substituents is 1. The van der Waals surface area contributed by atoms with Crippen LogP contribution in [0.2, 0.25) is 5.02 Å². The summed E-state index contributed by atoms with van der Waals surface area (Å²) in [5.41, 5.74) is 0.155. The van der Waals surface area contributed by atoms with Gasteiger partial charge in [0.2, 0.25) is 0 Å².